The molecule has 1 aromatic rings. The Labute approximate surface area is 74.7 Å². The Bertz CT molecular complexity index is 224. The lowest BCUT2D eigenvalue weighted by atomic mass is 10.5. The molecule has 0 saturated carbocycles. The Morgan fingerprint density at radius 1 is 1.82 bits per heavy atom. The molecule has 1 aromatic heterocycles. The fourth-order valence-corrected chi connectivity index (χ4v) is 2.59. The normalized spacial score (nSPS) is 13.4. The molecule has 1 rings (SSSR count). The van der Waals surface area contributed by atoms with Crippen molar-refractivity contribution in [2.75, 3.05) is 6.61 Å². The van der Waals surface area contributed by atoms with Crippen LogP contribution in [0.4, 0.5) is 0 Å². The molecule has 0 fully saturated rings. The van der Waals surface area contributed by atoms with E-state index in [0.717, 1.165) is 10.0 Å². The molecule has 0 saturated heterocycles. The van der Waals surface area contributed by atoms with Crippen molar-refractivity contribution in [1.29, 1.82) is 0 Å². The summed E-state index contributed by atoms with van der Waals surface area (Å²) in [4.78, 5) is 4.27. The van der Waals surface area contributed by atoms with Gasteiger partial charge in [0.05, 0.1) is 6.61 Å². The summed E-state index contributed by atoms with van der Waals surface area (Å²) in [6.45, 7) is 4.18. The second-order valence-corrected chi connectivity index (χ2v) is 4.91. The Hall–Kier alpha value is -0.0600. The van der Waals surface area contributed by atoms with Gasteiger partial charge in [-0.15, -0.1) is 11.3 Å². The summed E-state index contributed by atoms with van der Waals surface area (Å²) in [6, 6.07) is 0. The zero-order valence-electron chi connectivity index (χ0n) is 6.57. The van der Waals surface area contributed by atoms with Gasteiger partial charge >= 0.3 is 0 Å². The third-order valence-electron chi connectivity index (χ3n) is 1.16. The van der Waals surface area contributed by atoms with E-state index in [1.54, 1.807) is 23.1 Å². The Morgan fingerprint density at radius 3 is 3.00 bits per heavy atom. The maximum Gasteiger partial charge on any atom is 0.150 e. The van der Waals surface area contributed by atoms with Crippen LogP contribution in [-0.4, -0.2) is 21.9 Å². The number of aryl methyl sites for hydroxylation is 1. The predicted molar refractivity (Wildman–Crippen MR) is 49.3 cm³/mol. The molecule has 1 heterocycles. The van der Waals surface area contributed by atoms with Gasteiger partial charge in [-0.25, -0.2) is 4.98 Å². The summed E-state index contributed by atoms with van der Waals surface area (Å²) in [5.74, 6) is 0. The smallest absolute Gasteiger partial charge is 0.150 e. The molecule has 0 aliphatic rings. The molecule has 1 atom stereocenters. The maximum absolute atomic E-state index is 8.76. The molecule has 1 N–H and O–H groups in total. The molecular formula is C7H11NOS2. The van der Waals surface area contributed by atoms with Crippen molar-refractivity contribution in [2.45, 2.75) is 23.4 Å². The minimum Gasteiger partial charge on any atom is -0.395 e. The SMILES string of the molecule is Cc1csc(SC(C)CO)n1. The van der Waals surface area contributed by atoms with E-state index in [1.807, 2.05) is 19.2 Å². The van der Waals surface area contributed by atoms with Crippen molar-refractivity contribution in [3.05, 3.63) is 11.1 Å². The zero-order valence-corrected chi connectivity index (χ0v) is 8.21. The molecule has 62 valence electrons. The van der Waals surface area contributed by atoms with Crippen LogP contribution in [0.2, 0.25) is 0 Å². The topological polar surface area (TPSA) is 33.1 Å². The molecule has 2 nitrogen and oxygen atoms in total. The van der Waals surface area contributed by atoms with E-state index in [0.29, 0.717) is 0 Å². The lowest BCUT2D eigenvalue weighted by Gasteiger charge is -2.02. The van der Waals surface area contributed by atoms with Gasteiger partial charge in [-0.05, 0) is 6.92 Å². The Morgan fingerprint density at radius 2 is 2.55 bits per heavy atom. The van der Waals surface area contributed by atoms with Crippen LogP contribution in [0.3, 0.4) is 0 Å². The van der Waals surface area contributed by atoms with Gasteiger partial charge in [-0.2, -0.15) is 0 Å². The summed E-state index contributed by atoms with van der Waals surface area (Å²) >= 11 is 3.26. The number of thiazole rings is 1. The summed E-state index contributed by atoms with van der Waals surface area (Å²) in [5, 5.41) is 11.0. The van der Waals surface area contributed by atoms with Crippen molar-refractivity contribution in [2.24, 2.45) is 0 Å². The number of rotatable bonds is 3. The van der Waals surface area contributed by atoms with Gasteiger partial charge in [0.15, 0.2) is 0 Å². The van der Waals surface area contributed by atoms with Crippen LogP contribution in [0.1, 0.15) is 12.6 Å². The fourth-order valence-electron chi connectivity index (χ4n) is 0.596. The van der Waals surface area contributed by atoms with E-state index in [9.17, 15) is 0 Å². The first kappa shape index (κ1) is 9.03. The average molecular weight is 189 g/mol. The lowest BCUT2D eigenvalue weighted by Crippen LogP contribution is -2.00. The first-order valence-corrected chi connectivity index (χ1v) is 5.18. The van der Waals surface area contributed by atoms with Crippen molar-refractivity contribution >= 4 is 23.1 Å². The number of hydrogen-bond donors (Lipinski definition) is 1. The molecule has 0 aliphatic heterocycles. The van der Waals surface area contributed by atoms with Crippen molar-refractivity contribution in [3.63, 3.8) is 0 Å². The second kappa shape index (κ2) is 4.09. The third kappa shape index (κ3) is 2.81. The molecular weight excluding hydrogens is 178 g/mol. The maximum atomic E-state index is 8.76. The predicted octanol–water partition coefficient (Wildman–Crippen LogP) is 1.92. The van der Waals surface area contributed by atoms with E-state index < -0.39 is 0 Å². The number of aliphatic hydroxyl groups excluding tert-OH is 1. The standard InChI is InChI=1S/C7H11NOS2/c1-5-4-10-7(8-5)11-6(2)3-9/h4,6,9H,3H2,1-2H3. The Kier molecular flexibility index (Phi) is 3.36. The van der Waals surface area contributed by atoms with Gasteiger partial charge in [0.1, 0.15) is 4.34 Å². The number of hydrogen-bond acceptors (Lipinski definition) is 4. The second-order valence-electron chi connectivity index (χ2n) is 2.37. The molecule has 11 heavy (non-hydrogen) atoms. The summed E-state index contributed by atoms with van der Waals surface area (Å²) in [6.07, 6.45) is 0. The number of nitrogens with zero attached hydrogens (tertiary/aromatic N) is 1. The first-order chi connectivity index (χ1) is 5.22. The van der Waals surface area contributed by atoms with Gasteiger partial charge in [0.25, 0.3) is 0 Å². The molecule has 0 spiro atoms. The minimum absolute atomic E-state index is 0.212. The number of thioether (sulfide) groups is 1. The van der Waals surface area contributed by atoms with E-state index >= 15 is 0 Å². The molecule has 0 aromatic carbocycles. The van der Waals surface area contributed by atoms with Gasteiger partial charge < -0.3 is 5.11 Å². The van der Waals surface area contributed by atoms with Crippen LogP contribution in [0, 0.1) is 6.92 Å². The van der Waals surface area contributed by atoms with Gasteiger partial charge in [-0.1, -0.05) is 18.7 Å². The highest BCUT2D eigenvalue weighted by molar-refractivity contribution is 8.01. The number of aromatic nitrogens is 1. The molecule has 4 heteroatoms. The Balaban J connectivity index is 2.50. The van der Waals surface area contributed by atoms with Crippen LogP contribution in [0.25, 0.3) is 0 Å². The van der Waals surface area contributed by atoms with Crippen molar-refractivity contribution < 1.29 is 5.11 Å². The summed E-state index contributed by atoms with van der Waals surface area (Å²) < 4.78 is 1.05. The minimum atomic E-state index is 0.212. The van der Waals surface area contributed by atoms with Crippen molar-refractivity contribution in [1.82, 2.24) is 4.98 Å². The van der Waals surface area contributed by atoms with Crippen LogP contribution in [0.15, 0.2) is 9.72 Å². The third-order valence-corrected chi connectivity index (χ3v) is 3.33. The van der Waals surface area contributed by atoms with Gasteiger partial charge in [-0.3, -0.25) is 0 Å². The lowest BCUT2D eigenvalue weighted by molar-refractivity contribution is 0.300. The first-order valence-electron chi connectivity index (χ1n) is 3.42. The van der Waals surface area contributed by atoms with E-state index in [-0.39, 0.29) is 11.9 Å². The van der Waals surface area contributed by atoms with E-state index in [1.165, 1.54) is 0 Å². The highest BCUT2D eigenvalue weighted by Crippen LogP contribution is 2.25. The fraction of sp³-hybridized carbons (Fsp3) is 0.571. The van der Waals surface area contributed by atoms with Crippen LogP contribution in [0.5, 0.6) is 0 Å². The zero-order chi connectivity index (χ0) is 8.27. The molecule has 0 amide bonds. The molecule has 0 aliphatic carbocycles. The highest BCUT2D eigenvalue weighted by Gasteiger charge is 2.04. The van der Waals surface area contributed by atoms with Gasteiger partial charge in [0, 0.05) is 16.3 Å². The molecule has 0 bridgehead atoms. The monoisotopic (exact) mass is 189 g/mol. The quantitative estimate of drug-likeness (QED) is 0.737. The summed E-state index contributed by atoms with van der Waals surface area (Å²) in [5.41, 5.74) is 1.06. The highest BCUT2D eigenvalue weighted by atomic mass is 32.2. The van der Waals surface area contributed by atoms with Crippen LogP contribution >= 0.6 is 23.1 Å². The van der Waals surface area contributed by atoms with Crippen LogP contribution < -0.4 is 0 Å². The average Bonchev–Trinajstić information content (AvgIpc) is 2.35. The van der Waals surface area contributed by atoms with Crippen molar-refractivity contribution in [3.8, 4) is 0 Å². The molecule has 1 unspecified atom stereocenters. The largest absolute Gasteiger partial charge is 0.395 e. The summed E-state index contributed by atoms with van der Waals surface area (Å²) in [7, 11) is 0. The molecule has 0 radical (unpaired) electrons. The van der Waals surface area contributed by atoms with Gasteiger partial charge in [0.2, 0.25) is 0 Å². The number of aliphatic hydroxyl groups is 1. The van der Waals surface area contributed by atoms with E-state index in [2.05, 4.69) is 4.98 Å². The van der Waals surface area contributed by atoms with E-state index in [4.69, 9.17) is 5.11 Å². The van der Waals surface area contributed by atoms with Crippen LogP contribution in [-0.2, 0) is 0 Å².